The van der Waals surface area contributed by atoms with Gasteiger partial charge in [0.2, 0.25) is 0 Å². The summed E-state index contributed by atoms with van der Waals surface area (Å²) in [6, 6.07) is 0. The summed E-state index contributed by atoms with van der Waals surface area (Å²) in [4.78, 5) is 0. The van der Waals surface area contributed by atoms with Crippen LogP contribution in [0, 0.1) is 11.8 Å². The third-order valence-corrected chi connectivity index (χ3v) is 3.57. The second-order valence-electron chi connectivity index (χ2n) is 5.37. The molecule has 0 aromatic heterocycles. The lowest BCUT2D eigenvalue weighted by molar-refractivity contribution is -0.0963. The van der Waals surface area contributed by atoms with E-state index < -0.39 is 0 Å². The fraction of sp³-hybridized carbons (Fsp3) is 1.00. The maximum absolute atomic E-state index is 8.60. The highest BCUT2D eigenvalue weighted by Crippen LogP contribution is 2.30. The summed E-state index contributed by atoms with van der Waals surface area (Å²) in [5.41, 5.74) is -0.0714. The van der Waals surface area contributed by atoms with Crippen molar-refractivity contribution in [3.05, 3.63) is 0 Å². The van der Waals surface area contributed by atoms with Gasteiger partial charge in [-0.25, -0.2) is 0 Å². The minimum Gasteiger partial charge on any atom is -0.394 e. The molecule has 17 heavy (non-hydrogen) atoms. The van der Waals surface area contributed by atoms with E-state index in [-0.39, 0.29) is 12.2 Å². The van der Waals surface area contributed by atoms with E-state index in [1.54, 1.807) is 0 Å². The lowest BCUT2D eigenvalue weighted by atomic mass is 9.83. The van der Waals surface area contributed by atoms with Gasteiger partial charge in [0.25, 0.3) is 0 Å². The molecule has 0 saturated carbocycles. The summed E-state index contributed by atoms with van der Waals surface area (Å²) in [5, 5.41) is 8.60. The Morgan fingerprint density at radius 3 is 2.24 bits per heavy atom. The van der Waals surface area contributed by atoms with Crippen molar-refractivity contribution in [2.45, 2.75) is 53.1 Å². The van der Waals surface area contributed by atoms with Crippen LogP contribution in [0.25, 0.3) is 0 Å². The van der Waals surface area contributed by atoms with Gasteiger partial charge in [-0.2, -0.15) is 0 Å². The summed E-state index contributed by atoms with van der Waals surface area (Å²) in [5.74, 6) is 1.18. The van der Waals surface area contributed by atoms with Crippen LogP contribution in [-0.4, -0.2) is 37.1 Å². The van der Waals surface area contributed by atoms with Gasteiger partial charge in [-0.1, -0.05) is 34.1 Å². The molecule has 3 nitrogen and oxygen atoms in total. The first-order valence-electron chi connectivity index (χ1n) is 6.78. The normalized spacial score (nSPS) is 17.1. The van der Waals surface area contributed by atoms with Gasteiger partial charge in [0, 0.05) is 0 Å². The summed E-state index contributed by atoms with van der Waals surface area (Å²) in [6.45, 7) is 12.7. The molecule has 0 aromatic carbocycles. The van der Waals surface area contributed by atoms with Crippen molar-refractivity contribution in [1.29, 1.82) is 0 Å². The van der Waals surface area contributed by atoms with E-state index in [9.17, 15) is 0 Å². The third-order valence-electron chi connectivity index (χ3n) is 3.57. The average Bonchev–Trinajstić information content (AvgIpc) is 2.28. The van der Waals surface area contributed by atoms with Gasteiger partial charge < -0.3 is 14.6 Å². The predicted octanol–water partition coefficient (Wildman–Crippen LogP) is 2.86. The maximum Gasteiger partial charge on any atom is 0.0708 e. The van der Waals surface area contributed by atoms with Gasteiger partial charge in [0.1, 0.15) is 0 Å². The Morgan fingerprint density at radius 1 is 1.12 bits per heavy atom. The highest BCUT2D eigenvalue weighted by molar-refractivity contribution is 4.81. The molecule has 0 rings (SSSR count). The van der Waals surface area contributed by atoms with Gasteiger partial charge in [-0.3, -0.25) is 0 Å². The first kappa shape index (κ1) is 16.9. The molecule has 104 valence electrons. The molecule has 0 aliphatic rings. The van der Waals surface area contributed by atoms with Crippen LogP contribution in [0.2, 0.25) is 0 Å². The summed E-state index contributed by atoms with van der Waals surface area (Å²) in [7, 11) is 0. The Bertz CT molecular complexity index is 182. The molecule has 0 aliphatic heterocycles. The molecular formula is C14H30O3. The van der Waals surface area contributed by atoms with E-state index in [0.717, 1.165) is 6.42 Å². The van der Waals surface area contributed by atoms with Crippen molar-refractivity contribution in [3.63, 3.8) is 0 Å². The van der Waals surface area contributed by atoms with Gasteiger partial charge in [-0.05, 0) is 25.2 Å². The second-order valence-corrected chi connectivity index (χ2v) is 5.37. The van der Waals surface area contributed by atoms with Crippen LogP contribution in [0.3, 0.4) is 0 Å². The molecule has 0 aliphatic carbocycles. The molecule has 0 amide bonds. The maximum atomic E-state index is 8.60. The topological polar surface area (TPSA) is 38.7 Å². The summed E-state index contributed by atoms with van der Waals surface area (Å²) >= 11 is 0. The van der Waals surface area contributed by atoms with E-state index in [1.165, 1.54) is 6.42 Å². The molecule has 0 radical (unpaired) electrons. The van der Waals surface area contributed by atoms with E-state index in [4.69, 9.17) is 14.6 Å². The van der Waals surface area contributed by atoms with Crippen molar-refractivity contribution >= 4 is 0 Å². The zero-order chi connectivity index (χ0) is 13.3. The molecule has 0 heterocycles. The van der Waals surface area contributed by atoms with E-state index in [0.29, 0.717) is 31.7 Å². The Balaban J connectivity index is 4.04. The van der Waals surface area contributed by atoms with Gasteiger partial charge >= 0.3 is 0 Å². The van der Waals surface area contributed by atoms with Crippen LogP contribution in [0.1, 0.15) is 47.5 Å². The van der Waals surface area contributed by atoms with Crippen LogP contribution >= 0.6 is 0 Å². The molecule has 0 saturated heterocycles. The van der Waals surface area contributed by atoms with Crippen LogP contribution < -0.4 is 0 Å². The molecular weight excluding hydrogens is 216 g/mol. The van der Waals surface area contributed by atoms with Gasteiger partial charge in [-0.15, -0.1) is 0 Å². The molecule has 2 atom stereocenters. The minimum atomic E-state index is -0.0714. The molecule has 0 bridgehead atoms. The largest absolute Gasteiger partial charge is 0.394 e. The number of rotatable bonds is 10. The molecule has 2 unspecified atom stereocenters. The number of hydrogen-bond donors (Lipinski definition) is 1. The Morgan fingerprint density at radius 2 is 1.76 bits per heavy atom. The quantitative estimate of drug-likeness (QED) is 0.602. The zero-order valence-electron chi connectivity index (χ0n) is 12.2. The van der Waals surface area contributed by atoms with Crippen molar-refractivity contribution in [2.75, 3.05) is 26.4 Å². The highest BCUT2D eigenvalue weighted by atomic mass is 16.5. The average molecular weight is 246 g/mol. The van der Waals surface area contributed by atoms with Crippen molar-refractivity contribution in [1.82, 2.24) is 0 Å². The van der Waals surface area contributed by atoms with Gasteiger partial charge in [0.05, 0.1) is 32.0 Å². The first-order chi connectivity index (χ1) is 7.96. The SMILES string of the molecule is CCC(C)CC(C)(OCCOCCO)C(C)C. The summed E-state index contributed by atoms with van der Waals surface area (Å²) < 4.78 is 11.2. The molecule has 0 spiro atoms. The van der Waals surface area contributed by atoms with Crippen LogP contribution in [0.15, 0.2) is 0 Å². The monoisotopic (exact) mass is 246 g/mol. The second kappa shape index (κ2) is 8.90. The predicted molar refractivity (Wildman–Crippen MR) is 71.2 cm³/mol. The Hall–Kier alpha value is -0.120. The molecule has 3 heteroatoms. The van der Waals surface area contributed by atoms with Crippen molar-refractivity contribution in [2.24, 2.45) is 11.8 Å². The smallest absolute Gasteiger partial charge is 0.0708 e. The van der Waals surface area contributed by atoms with Gasteiger partial charge in [0.15, 0.2) is 0 Å². The standard InChI is InChI=1S/C14H30O3/c1-6-13(4)11-14(5,12(2)3)17-10-9-16-8-7-15/h12-13,15H,6-11H2,1-5H3. The lowest BCUT2D eigenvalue weighted by Crippen LogP contribution is -2.37. The fourth-order valence-corrected chi connectivity index (χ4v) is 1.80. The Labute approximate surface area is 107 Å². The lowest BCUT2D eigenvalue weighted by Gasteiger charge is -2.36. The number of aliphatic hydroxyl groups excluding tert-OH is 1. The first-order valence-corrected chi connectivity index (χ1v) is 6.78. The minimum absolute atomic E-state index is 0.0714. The van der Waals surface area contributed by atoms with Crippen LogP contribution in [-0.2, 0) is 9.47 Å². The van der Waals surface area contributed by atoms with Crippen LogP contribution in [0.4, 0.5) is 0 Å². The fourth-order valence-electron chi connectivity index (χ4n) is 1.80. The highest BCUT2D eigenvalue weighted by Gasteiger charge is 2.30. The Kier molecular flexibility index (Phi) is 8.83. The molecule has 0 fully saturated rings. The molecule has 1 N–H and O–H groups in total. The number of ether oxygens (including phenoxy) is 2. The number of aliphatic hydroxyl groups is 1. The van der Waals surface area contributed by atoms with E-state index in [2.05, 4.69) is 34.6 Å². The summed E-state index contributed by atoms with van der Waals surface area (Å²) in [6.07, 6.45) is 2.27. The van der Waals surface area contributed by atoms with E-state index >= 15 is 0 Å². The molecule has 0 aromatic rings. The van der Waals surface area contributed by atoms with E-state index in [1.807, 2.05) is 0 Å². The van der Waals surface area contributed by atoms with Crippen molar-refractivity contribution < 1.29 is 14.6 Å². The third kappa shape index (κ3) is 7.02. The zero-order valence-corrected chi connectivity index (χ0v) is 12.2. The van der Waals surface area contributed by atoms with Crippen molar-refractivity contribution in [3.8, 4) is 0 Å². The van der Waals surface area contributed by atoms with Crippen LogP contribution in [0.5, 0.6) is 0 Å². The number of hydrogen-bond acceptors (Lipinski definition) is 3.